The molecule has 0 fully saturated rings. The lowest BCUT2D eigenvalue weighted by atomic mass is 10.1. The molecule has 0 aliphatic rings. The number of aromatic nitrogens is 2. The van der Waals surface area contributed by atoms with Gasteiger partial charge in [-0.3, -0.25) is 4.79 Å². The zero-order valence-corrected chi connectivity index (χ0v) is 17.2. The van der Waals surface area contributed by atoms with Crippen LogP contribution in [0.3, 0.4) is 0 Å². The second kappa shape index (κ2) is 9.00. The van der Waals surface area contributed by atoms with Crippen molar-refractivity contribution in [2.75, 3.05) is 5.32 Å². The molecule has 2 aromatic heterocycles. The van der Waals surface area contributed by atoms with Gasteiger partial charge in [-0.05, 0) is 24.6 Å². The molecule has 4 rings (SSSR count). The summed E-state index contributed by atoms with van der Waals surface area (Å²) in [7, 11) is 0. The Kier molecular flexibility index (Phi) is 5.99. The number of oxazole rings is 1. The van der Waals surface area contributed by atoms with Gasteiger partial charge in [0.1, 0.15) is 5.82 Å². The first-order chi connectivity index (χ1) is 14.6. The number of rotatable bonds is 7. The number of carbonyl (C=O) groups excluding carboxylic acids is 1. The summed E-state index contributed by atoms with van der Waals surface area (Å²) in [6.45, 7) is 2.06. The molecule has 30 heavy (non-hydrogen) atoms. The van der Waals surface area contributed by atoms with Crippen molar-refractivity contribution in [2.45, 2.75) is 26.2 Å². The van der Waals surface area contributed by atoms with Crippen LogP contribution in [0.2, 0.25) is 0 Å². The van der Waals surface area contributed by atoms with Crippen molar-refractivity contribution in [3.63, 3.8) is 0 Å². The molecule has 5 nitrogen and oxygen atoms in total. The number of halogens is 1. The molecular formula is C23H20FN3O2S. The first-order valence-corrected chi connectivity index (χ1v) is 10.4. The summed E-state index contributed by atoms with van der Waals surface area (Å²) < 4.78 is 19.4. The predicted molar refractivity (Wildman–Crippen MR) is 115 cm³/mol. The van der Waals surface area contributed by atoms with E-state index in [0.29, 0.717) is 28.8 Å². The van der Waals surface area contributed by atoms with Gasteiger partial charge in [-0.1, -0.05) is 42.0 Å². The monoisotopic (exact) mass is 421 g/mol. The number of hydrogen-bond donors (Lipinski definition) is 1. The molecule has 0 unspecified atom stereocenters. The smallest absolute Gasteiger partial charge is 0.226 e. The Balaban J connectivity index is 1.30. The summed E-state index contributed by atoms with van der Waals surface area (Å²) in [4.78, 5) is 21.8. The molecule has 1 N–H and O–H groups in total. The van der Waals surface area contributed by atoms with E-state index in [9.17, 15) is 9.18 Å². The first kappa shape index (κ1) is 20.0. The molecular weight excluding hydrogens is 401 g/mol. The molecule has 7 heteroatoms. The molecule has 1 amide bonds. The number of nitrogens with one attached hydrogen (secondary N) is 1. The van der Waals surface area contributed by atoms with Gasteiger partial charge in [0.05, 0.1) is 11.8 Å². The predicted octanol–water partition coefficient (Wildman–Crippen LogP) is 5.41. The average molecular weight is 421 g/mol. The van der Waals surface area contributed by atoms with Crippen molar-refractivity contribution in [1.29, 1.82) is 0 Å². The molecule has 0 bridgehead atoms. The van der Waals surface area contributed by atoms with E-state index in [2.05, 4.69) is 46.5 Å². The summed E-state index contributed by atoms with van der Waals surface area (Å²) in [5.74, 6) is 0.201. The normalized spacial score (nSPS) is 10.9. The molecule has 152 valence electrons. The fourth-order valence-electron chi connectivity index (χ4n) is 2.97. The lowest BCUT2D eigenvalue weighted by Crippen LogP contribution is -2.12. The second-order valence-corrected chi connectivity index (χ2v) is 8.06. The van der Waals surface area contributed by atoms with Crippen LogP contribution in [0.25, 0.3) is 11.3 Å². The highest BCUT2D eigenvalue weighted by Gasteiger charge is 2.13. The van der Waals surface area contributed by atoms with Gasteiger partial charge in [-0.15, -0.1) is 11.3 Å². The highest BCUT2D eigenvalue weighted by atomic mass is 32.1. The van der Waals surface area contributed by atoms with Crippen LogP contribution in [0, 0.1) is 12.7 Å². The van der Waals surface area contributed by atoms with Crippen molar-refractivity contribution in [3.05, 3.63) is 88.6 Å². The lowest BCUT2D eigenvalue weighted by Gasteiger charge is -2.01. The van der Waals surface area contributed by atoms with Crippen LogP contribution < -0.4 is 5.32 Å². The Morgan fingerprint density at radius 2 is 1.90 bits per heavy atom. The number of anilines is 1. The third-order valence-electron chi connectivity index (χ3n) is 4.56. The van der Waals surface area contributed by atoms with E-state index in [1.165, 1.54) is 34.7 Å². The highest BCUT2D eigenvalue weighted by molar-refractivity contribution is 7.15. The Bertz CT molecular complexity index is 1150. The molecule has 0 atom stereocenters. The van der Waals surface area contributed by atoms with E-state index in [1.807, 2.05) is 0 Å². The Labute approximate surface area is 177 Å². The maximum absolute atomic E-state index is 13.8. The van der Waals surface area contributed by atoms with Gasteiger partial charge in [-0.2, -0.15) is 0 Å². The summed E-state index contributed by atoms with van der Waals surface area (Å²) in [5.41, 5.74) is 2.78. The maximum Gasteiger partial charge on any atom is 0.226 e. The van der Waals surface area contributed by atoms with Crippen molar-refractivity contribution < 1.29 is 13.6 Å². The van der Waals surface area contributed by atoms with E-state index in [-0.39, 0.29) is 18.1 Å². The lowest BCUT2D eigenvalue weighted by molar-refractivity contribution is -0.116. The molecule has 0 saturated carbocycles. The number of hydrogen-bond acceptors (Lipinski definition) is 5. The SMILES string of the molecule is Cc1ccc(Cc2cnc(NC(=O)CCc3ncc(-c4ccccc4F)o3)s2)cc1. The molecule has 2 aromatic carbocycles. The van der Waals surface area contributed by atoms with Gasteiger partial charge in [0.15, 0.2) is 16.8 Å². The Morgan fingerprint density at radius 3 is 2.70 bits per heavy atom. The van der Waals surface area contributed by atoms with Crippen molar-refractivity contribution in [2.24, 2.45) is 0 Å². The van der Waals surface area contributed by atoms with E-state index in [4.69, 9.17) is 4.42 Å². The third kappa shape index (κ3) is 4.99. The number of carbonyl (C=O) groups is 1. The summed E-state index contributed by atoms with van der Waals surface area (Å²) in [6, 6.07) is 14.7. The Hall–Kier alpha value is -3.32. The molecule has 0 spiro atoms. The van der Waals surface area contributed by atoms with E-state index in [0.717, 1.165) is 11.3 Å². The van der Waals surface area contributed by atoms with Crippen LogP contribution in [0.1, 0.15) is 28.3 Å². The quantitative estimate of drug-likeness (QED) is 0.433. The van der Waals surface area contributed by atoms with Crippen LogP contribution in [-0.4, -0.2) is 15.9 Å². The van der Waals surface area contributed by atoms with Crippen molar-refractivity contribution in [1.82, 2.24) is 9.97 Å². The minimum absolute atomic E-state index is 0.170. The highest BCUT2D eigenvalue weighted by Crippen LogP contribution is 2.24. The van der Waals surface area contributed by atoms with E-state index >= 15 is 0 Å². The van der Waals surface area contributed by atoms with E-state index < -0.39 is 0 Å². The number of amides is 1. The first-order valence-electron chi connectivity index (χ1n) is 9.56. The number of benzene rings is 2. The van der Waals surface area contributed by atoms with Gasteiger partial charge in [-0.25, -0.2) is 14.4 Å². The Morgan fingerprint density at radius 1 is 1.10 bits per heavy atom. The van der Waals surface area contributed by atoms with Gasteiger partial charge in [0.25, 0.3) is 0 Å². The minimum atomic E-state index is -0.372. The third-order valence-corrected chi connectivity index (χ3v) is 5.47. The fourth-order valence-corrected chi connectivity index (χ4v) is 3.83. The van der Waals surface area contributed by atoms with Crippen LogP contribution >= 0.6 is 11.3 Å². The topological polar surface area (TPSA) is 68.0 Å². The van der Waals surface area contributed by atoms with Crippen LogP contribution in [0.5, 0.6) is 0 Å². The number of thiazole rings is 1. The van der Waals surface area contributed by atoms with Crippen LogP contribution in [-0.2, 0) is 17.6 Å². The van der Waals surface area contributed by atoms with E-state index in [1.54, 1.807) is 24.4 Å². The summed E-state index contributed by atoms with van der Waals surface area (Å²) in [6.07, 6.45) is 4.56. The standard InChI is InChI=1S/C23H20FN3O2S/c1-15-6-8-16(9-7-15)12-17-13-26-23(30-17)27-21(28)10-11-22-25-14-20(29-22)18-4-2-3-5-19(18)24/h2-9,13-14H,10-12H2,1H3,(H,26,27,28). The molecule has 0 saturated heterocycles. The molecule has 0 aliphatic heterocycles. The summed E-state index contributed by atoms with van der Waals surface area (Å²) >= 11 is 1.46. The molecule has 2 heterocycles. The second-order valence-electron chi connectivity index (χ2n) is 6.94. The van der Waals surface area contributed by atoms with Crippen molar-refractivity contribution >= 4 is 22.4 Å². The van der Waals surface area contributed by atoms with Crippen LogP contribution in [0.4, 0.5) is 9.52 Å². The zero-order valence-electron chi connectivity index (χ0n) is 16.4. The van der Waals surface area contributed by atoms with Crippen molar-refractivity contribution in [3.8, 4) is 11.3 Å². The average Bonchev–Trinajstić information content (AvgIpc) is 3.38. The summed E-state index contributed by atoms with van der Waals surface area (Å²) in [5, 5.41) is 3.38. The molecule has 0 aliphatic carbocycles. The van der Waals surface area contributed by atoms with Gasteiger partial charge < -0.3 is 9.73 Å². The molecule has 0 radical (unpaired) electrons. The fraction of sp³-hybridized carbons (Fsp3) is 0.174. The van der Waals surface area contributed by atoms with Gasteiger partial charge in [0, 0.05) is 30.3 Å². The zero-order chi connectivity index (χ0) is 20.9. The largest absolute Gasteiger partial charge is 0.441 e. The van der Waals surface area contributed by atoms with Gasteiger partial charge >= 0.3 is 0 Å². The maximum atomic E-state index is 13.8. The minimum Gasteiger partial charge on any atom is -0.441 e. The van der Waals surface area contributed by atoms with Crippen LogP contribution in [0.15, 0.2) is 65.3 Å². The van der Waals surface area contributed by atoms with Gasteiger partial charge in [0.2, 0.25) is 5.91 Å². The number of nitrogens with zero attached hydrogens (tertiary/aromatic N) is 2. The number of aryl methyl sites for hydroxylation is 2. The molecule has 4 aromatic rings.